The van der Waals surface area contributed by atoms with E-state index in [1.165, 1.54) is 18.2 Å². The lowest BCUT2D eigenvalue weighted by Gasteiger charge is -2.40. The van der Waals surface area contributed by atoms with Gasteiger partial charge in [-0.05, 0) is 69.3 Å². The van der Waals surface area contributed by atoms with Gasteiger partial charge in [0.15, 0.2) is 11.6 Å². The number of amides is 1. The fourth-order valence-corrected chi connectivity index (χ4v) is 8.03. The summed E-state index contributed by atoms with van der Waals surface area (Å²) < 4.78 is 28.2. The number of halogens is 2. The lowest BCUT2D eigenvalue weighted by molar-refractivity contribution is -0.131. The summed E-state index contributed by atoms with van der Waals surface area (Å²) in [7, 11) is 1.89. The van der Waals surface area contributed by atoms with Crippen LogP contribution in [-0.4, -0.2) is 97.8 Å². The molecule has 12 nitrogen and oxygen atoms in total. The molecule has 0 radical (unpaired) electrons. The second kappa shape index (κ2) is 12.8. The van der Waals surface area contributed by atoms with E-state index in [4.69, 9.17) is 25.8 Å². The van der Waals surface area contributed by atoms with Gasteiger partial charge in [0.25, 0.3) is 5.89 Å². The summed E-state index contributed by atoms with van der Waals surface area (Å²) in [5.41, 5.74) is 0.375. The number of aromatic nitrogens is 5. The fourth-order valence-electron chi connectivity index (χ4n) is 7.75. The van der Waals surface area contributed by atoms with Crippen LogP contribution < -0.4 is 9.64 Å². The zero-order chi connectivity index (χ0) is 34.6. The van der Waals surface area contributed by atoms with E-state index in [2.05, 4.69) is 25.0 Å². The molecule has 3 aliphatic rings. The number of phenolic OH excluding ortho intramolecular Hbond substituents is 1. The maximum atomic E-state index is 16.8. The summed E-state index contributed by atoms with van der Waals surface area (Å²) in [6, 6.07) is 8.44. The first kappa shape index (κ1) is 32.3. The zero-order valence-corrected chi connectivity index (χ0v) is 28.5. The van der Waals surface area contributed by atoms with Crippen molar-refractivity contribution in [2.45, 2.75) is 38.1 Å². The van der Waals surface area contributed by atoms with Crippen LogP contribution in [0, 0.1) is 18.7 Å². The molecule has 0 bridgehead atoms. The Morgan fingerprint density at radius 2 is 2.00 bits per heavy atom. The molecule has 3 aliphatic heterocycles. The molecular formula is C36H36ClFN8O4. The molecule has 0 atom stereocenters. The number of aromatic hydroxyl groups is 1. The minimum atomic E-state index is -0.665. The number of phenols is 1. The van der Waals surface area contributed by atoms with Gasteiger partial charge in [0.1, 0.15) is 29.4 Å². The molecule has 2 aromatic carbocycles. The molecule has 1 amide bonds. The van der Waals surface area contributed by atoms with Crippen LogP contribution in [0.4, 0.5) is 10.2 Å². The van der Waals surface area contributed by atoms with E-state index in [-0.39, 0.29) is 46.2 Å². The standard InChI is InChI=1S/C36H36ClFN8O4/c1-21-40-28(50-43-21)8-9-29(48)45-18-22(19-45)17-44(2)34-26-16-39-32(25-15-24(47)14-23-6-3-7-27(37)30(23)25)31(38)33(26)41-35(42-34)49-20-36-10-4-12-46(36)13-5-11-36/h3,6-9,14-16,22,47H,4-5,10-13,17-20H2,1-2H3/b9-8+. The molecule has 0 unspecified atom stereocenters. The second-order valence-electron chi connectivity index (χ2n) is 13.6. The summed E-state index contributed by atoms with van der Waals surface area (Å²) in [5.74, 6) is 0.560. The number of aryl methyl sites for hydroxylation is 1. The summed E-state index contributed by atoms with van der Waals surface area (Å²) in [5, 5.41) is 16.3. The lowest BCUT2D eigenvalue weighted by Crippen LogP contribution is -2.53. The van der Waals surface area contributed by atoms with Crippen molar-refractivity contribution in [3.63, 3.8) is 0 Å². The topological polar surface area (TPSA) is 134 Å². The SMILES string of the molecule is Cc1noc(/C=C/C(=O)N2CC(CN(C)c3nc(OCC45CCCN4CCC5)nc4c(F)c(-c5cc(O)cc6cccc(Cl)c56)ncc34)C2)n1. The third kappa shape index (κ3) is 5.87. The molecule has 1 N–H and O–H groups in total. The van der Waals surface area contributed by atoms with Crippen molar-refractivity contribution in [2.24, 2.45) is 5.92 Å². The van der Waals surface area contributed by atoms with E-state index in [9.17, 15) is 9.90 Å². The summed E-state index contributed by atoms with van der Waals surface area (Å²) in [6.45, 7) is 5.87. The van der Waals surface area contributed by atoms with Gasteiger partial charge in [-0.25, -0.2) is 4.39 Å². The van der Waals surface area contributed by atoms with Crippen LogP contribution in [-0.2, 0) is 4.79 Å². The number of carbonyl (C=O) groups is 1. The Kier molecular flexibility index (Phi) is 8.26. The van der Waals surface area contributed by atoms with E-state index in [0.717, 1.165) is 38.8 Å². The molecular weight excluding hydrogens is 663 g/mol. The van der Waals surface area contributed by atoms with Crippen LogP contribution >= 0.6 is 11.6 Å². The highest BCUT2D eigenvalue weighted by Crippen LogP contribution is 2.41. The maximum Gasteiger partial charge on any atom is 0.319 e. The van der Waals surface area contributed by atoms with Gasteiger partial charge in [0.05, 0.1) is 10.9 Å². The first-order valence-corrected chi connectivity index (χ1v) is 17.2. The molecule has 14 heteroatoms. The predicted molar refractivity (Wildman–Crippen MR) is 187 cm³/mol. The van der Waals surface area contributed by atoms with Crippen molar-refractivity contribution < 1.29 is 23.6 Å². The third-order valence-electron chi connectivity index (χ3n) is 10.2. The summed E-state index contributed by atoms with van der Waals surface area (Å²) >= 11 is 6.59. The van der Waals surface area contributed by atoms with Crippen LogP contribution in [0.15, 0.2) is 47.1 Å². The fraction of sp³-hybridized carbons (Fsp3) is 0.389. The van der Waals surface area contributed by atoms with E-state index in [1.807, 2.05) is 11.9 Å². The summed E-state index contributed by atoms with van der Waals surface area (Å²) in [6.07, 6.45) is 8.82. The van der Waals surface area contributed by atoms with Crippen molar-refractivity contribution in [2.75, 3.05) is 51.3 Å². The van der Waals surface area contributed by atoms with Crippen molar-refractivity contribution >= 4 is 51.1 Å². The number of nitrogens with zero attached hydrogens (tertiary/aromatic N) is 8. The average Bonchev–Trinajstić information content (AvgIpc) is 3.79. The largest absolute Gasteiger partial charge is 0.508 e. The van der Waals surface area contributed by atoms with Crippen LogP contribution in [0.2, 0.25) is 5.02 Å². The Morgan fingerprint density at radius 1 is 1.20 bits per heavy atom. The van der Waals surface area contributed by atoms with Gasteiger partial charge in [-0.15, -0.1) is 0 Å². The van der Waals surface area contributed by atoms with Crippen LogP contribution in [0.25, 0.3) is 39.0 Å². The number of pyridine rings is 1. The van der Waals surface area contributed by atoms with Gasteiger partial charge in [-0.2, -0.15) is 15.0 Å². The molecule has 6 heterocycles. The number of anilines is 1. The van der Waals surface area contributed by atoms with Crippen molar-refractivity contribution in [1.29, 1.82) is 0 Å². The Morgan fingerprint density at radius 3 is 2.76 bits per heavy atom. The van der Waals surface area contributed by atoms with Crippen LogP contribution in [0.1, 0.15) is 37.4 Å². The summed E-state index contributed by atoms with van der Waals surface area (Å²) in [4.78, 5) is 37.0. The minimum absolute atomic E-state index is 0.0120. The highest BCUT2D eigenvalue weighted by atomic mass is 35.5. The number of fused-ring (bicyclic) bond motifs is 3. The molecule has 5 aromatic rings. The number of hydrogen-bond acceptors (Lipinski definition) is 11. The number of likely N-dealkylation sites (tertiary alicyclic amines) is 1. The molecule has 3 saturated heterocycles. The third-order valence-corrected chi connectivity index (χ3v) is 10.5. The molecule has 258 valence electrons. The number of carbonyl (C=O) groups excluding carboxylic acids is 1. The average molecular weight is 699 g/mol. The van der Waals surface area contributed by atoms with Crippen molar-refractivity contribution in [1.82, 2.24) is 34.9 Å². The van der Waals surface area contributed by atoms with Gasteiger partial charge in [0, 0.05) is 66.9 Å². The van der Waals surface area contributed by atoms with Crippen LogP contribution in [0.5, 0.6) is 11.8 Å². The van der Waals surface area contributed by atoms with Gasteiger partial charge in [-0.1, -0.05) is 28.9 Å². The zero-order valence-electron chi connectivity index (χ0n) is 27.8. The molecule has 8 rings (SSSR count). The second-order valence-corrected chi connectivity index (χ2v) is 14.0. The Labute approximate surface area is 292 Å². The van der Waals surface area contributed by atoms with Gasteiger partial charge >= 0.3 is 6.01 Å². The number of benzene rings is 2. The highest BCUT2D eigenvalue weighted by Gasteiger charge is 2.45. The molecule has 0 saturated carbocycles. The van der Waals surface area contributed by atoms with E-state index in [0.29, 0.717) is 64.6 Å². The molecule has 0 spiro atoms. The Hall–Kier alpha value is -4.88. The first-order chi connectivity index (χ1) is 24.2. The number of hydrogen-bond donors (Lipinski definition) is 1. The maximum absolute atomic E-state index is 16.8. The lowest BCUT2D eigenvalue weighted by atomic mass is 9.95. The Balaban J connectivity index is 1.10. The van der Waals surface area contributed by atoms with Gasteiger partial charge < -0.3 is 24.2 Å². The normalized spacial score (nSPS) is 17.6. The van der Waals surface area contributed by atoms with E-state index in [1.54, 1.807) is 42.3 Å². The van der Waals surface area contributed by atoms with E-state index >= 15 is 4.39 Å². The van der Waals surface area contributed by atoms with Crippen LogP contribution in [0.3, 0.4) is 0 Å². The first-order valence-electron chi connectivity index (χ1n) is 16.8. The Bertz CT molecular complexity index is 2140. The van der Waals surface area contributed by atoms with Crippen molar-refractivity contribution in [3.8, 4) is 23.0 Å². The van der Waals surface area contributed by atoms with Gasteiger partial charge in [-0.3, -0.25) is 14.7 Å². The van der Waals surface area contributed by atoms with Gasteiger partial charge in [0.2, 0.25) is 5.91 Å². The molecule has 0 aliphatic carbocycles. The number of ether oxygens (including phenoxy) is 1. The minimum Gasteiger partial charge on any atom is -0.508 e. The quantitative estimate of drug-likeness (QED) is 0.192. The highest BCUT2D eigenvalue weighted by molar-refractivity contribution is 6.36. The van der Waals surface area contributed by atoms with E-state index < -0.39 is 5.82 Å². The molecule has 3 aromatic heterocycles. The monoisotopic (exact) mass is 698 g/mol. The van der Waals surface area contributed by atoms with Crippen molar-refractivity contribution in [3.05, 3.63) is 65.2 Å². The predicted octanol–water partition coefficient (Wildman–Crippen LogP) is 5.65. The number of rotatable bonds is 9. The molecule has 3 fully saturated rings. The molecule has 50 heavy (non-hydrogen) atoms. The smallest absolute Gasteiger partial charge is 0.319 e.